The van der Waals surface area contributed by atoms with E-state index < -0.39 is 0 Å². The molecule has 3 aromatic carbocycles. The number of para-hydroxylation sites is 1. The zero-order valence-electron chi connectivity index (χ0n) is 31.0. The molecule has 4 aromatic rings. The molecule has 1 unspecified atom stereocenters. The van der Waals surface area contributed by atoms with Crippen LogP contribution in [0.5, 0.6) is 0 Å². The second kappa shape index (κ2) is 22.4. The van der Waals surface area contributed by atoms with Crippen molar-refractivity contribution in [2.75, 3.05) is 42.3 Å². The number of aryl methyl sites for hydroxylation is 1. The molecule has 0 saturated carbocycles. The number of aromatic nitrogens is 1. The van der Waals surface area contributed by atoms with Crippen molar-refractivity contribution in [3.8, 4) is 0 Å². The predicted octanol–water partition coefficient (Wildman–Crippen LogP) is 10.1. The average molecular weight is 808 g/mol. The summed E-state index contributed by atoms with van der Waals surface area (Å²) in [4.78, 5) is 0. The van der Waals surface area contributed by atoms with E-state index in [1.165, 1.54) is 39.0 Å². The Balaban J connectivity index is 0.00000104. The van der Waals surface area contributed by atoms with E-state index in [1.807, 2.05) is 0 Å². The first kappa shape index (κ1) is 42.7. The number of pyridine rings is 1. The fourth-order valence-electron chi connectivity index (χ4n) is 5.46. The summed E-state index contributed by atoms with van der Waals surface area (Å²) in [5.74, 6) is 0.748. The van der Waals surface area contributed by atoms with Gasteiger partial charge in [-0.05, 0) is 47.6 Å². The van der Waals surface area contributed by atoms with Crippen molar-refractivity contribution in [2.24, 2.45) is 0 Å². The van der Waals surface area contributed by atoms with Crippen LogP contribution in [0.15, 0.2) is 97.1 Å². The number of benzene rings is 3. The SMILES string of the molecule is C=[n+]1c(C([N-]c2c(C(C)C)cccc2C(C)C)c2ccccc2C)ccc/c1=C1/C=C[CH-]c2ccccc21.C[N-]C.C[N-]C.C[N-]C.[Hf+4]. The van der Waals surface area contributed by atoms with Crippen LogP contribution in [0.4, 0.5) is 5.69 Å². The first-order chi connectivity index (χ1) is 22.6. The van der Waals surface area contributed by atoms with Gasteiger partial charge in [-0.2, -0.15) is 46.5 Å². The Morgan fingerprint density at radius 2 is 1.15 bits per heavy atom. The maximum absolute atomic E-state index is 5.60. The molecule has 1 heterocycles. The third-order valence-corrected chi connectivity index (χ3v) is 7.55. The molecule has 0 bridgehead atoms. The molecule has 0 aliphatic heterocycles. The van der Waals surface area contributed by atoms with Crippen molar-refractivity contribution in [3.05, 3.63) is 176 Å². The monoisotopic (exact) mass is 809 g/mol. The average Bonchev–Trinajstić information content (AvgIpc) is 3.05. The Morgan fingerprint density at radius 3 is 1.71 bits per heavy atom. The smallest absolute Gasteiger partial charge is 0.669 e. The van der Waals surface area contributed by atoms with E-state index in [-0.39, 0.29) is 31.9 Å². The fourth-order valence-corrected chi connectivity index (χ4v) is 5.46. The predicted molar refractivity (Wildman–Crippen MR) is 205 cm³/mol. The maximum Gasteiger partial charge on any atom is 4.00 e. The normalized spacial score (nSPS) is 12.9. The van der Waals surface area contributed by atoms with Crippen molar-refractivity contribution < 1.29 is 30.1 Å². The Morgan fingerprint density at radius 1 is 0.646 bits per heavy atom. The van der Waals surface area contributed by atoms with Crippen molar-refractivity contribution >= 4 is 11.3 Å². The molecule has 0 radical (unpaired) electrons. The van der Waals surface area contributed by atoms with Crippen LogP contribution in [0.2, 0.25) is 0 Å². The zero-order chi connectivity index (χ0) is 34.9. The second-order valence-corrected chi connectivity index (χ2v) is 12.1. The number of fused-ring (bicyclic) bond motifs is 1. The maximum atomic E-state index is 5.60. The summed E-state index contributed by atoms with van der Waals surface area (Å²) < 4.78 is 2.09. The van der Waals surface area contributed by atoms with Gasteiger partial charge in [0.25, 0.3) is 0 Å². The molecular weight excluding hydrogens is 753 g/mol. The minimum Gasteiger partial charge on any atom is -0.669 e. The largest absolute Gasteiger partial charge is 4.00 e. The van der Waals surface area contributed by atoms with Gasteiger partial charge in [0.15, 0.2) is 11.0 Å². The van der Waals surface area contributed by atoms with E-state index in [2.05, 4.69) is 165 Å². The Labute approximate surface area is 310 Å². The summed E-state index contributed by atoms with van der Waals surface area (Å²) in [6.45, 7) is 15.8. The van der Waals surface area contributed by atoms with Crippen molar-refractivity contribution in [1.82, 2.24) is 0 Å². The van der Waals surface area contributed by atoms with Gasteiger partial charge >= 0.3 is 25.8 Å². The topological polar surface area (TPSA) is 62.3 Å². The minimum atomic E-state index is -0.193. The summed E-state index contributed by atoms with van der Waals surface area (Å²) in [6.07, 6.45) is 6.48. The van der Waals surface area contributed by atoms with Gasteiger partial charge in [-0.25, -0.2) is 0 Å². The molecule has 1 atom stereocenters. The summed E-state index contributed by atoms with van der Waals surface area (Å²) in [6, 6.07) is 30.1. The van der Waals surface area contributed by atoms with Gasteiger partial charge in [-0.1, -0.05) is 99.0 Å². The molecule has 0 fully saturated rings. The molecule has 5 nitrogen and oxygen atoms in total. The molecule has 5 rings (SSSR count). The summed E-state index contributed by atoms with van der Waals surface area (Å²) in [7, 11) is 10.5. The molecule has 0 saturated heterocycles. The molecule has 0 N–H and O–H groups in total. The van der Waals surface area contributed by atoms with Crippen LogP contribution in [-0.4, -0.2) is 42.3 Å². The fraction of sp³-hybridized carbons (Fsp3) is 0.333. The van der Waals surface area contributed by atoms with Crippen LogP contribution in [0.3, 0.4) is 0 Å². The van der Waals surface area contributed by atoms with Crippen LogP contribution in [0.1, 0.15) is 84.6 Å². The van der Waals surface area contributed by atoms with Gasteiger partial charge in [0.05, 0.1) is 0 Å². The third-order valence-electron chi connectivity index (χ3n) is 7.55. The van der Waals surface area contributed by atoms with Gasteiger partial charge in [0, 0.05) is 12.1 Å². The molecule has 1 aliphatic rings. The van der Waals surface area contributed by atoms with Gasteiger partial charge < -0.3 is 21.3 Å². The third kappa shape index (κ3) is 11.4. The van der Waals surface area contributed by atoms with Gasteiger partial charge in [0.1, 0.15) is 6.72 Å². The van der Waals surface area contributed by atoms with Crippen molar-refractivity contribution in [3.63, 3.8) is 0 Å². The first-order valence-corrected chi connectivity index (χ1v) is 16.3. The Bertz CT molecular complexity index is 1640. The molecule has 6 heteroatoms. The molecular formula is C42H55HfN5. The molecule has 1 aliphatic carbocycles. The van der Waals surface area contributed by atoms with Crippen LogP contribution in [0.25, 0.3) is 26.8 Å². The summed E-state index contributed by atoms with van der Waals surface area (Å²) >= 11 is 0. The van der Waals surface area contributed by atoms with E-state index >= 15 is 0 Å². The molecule has 0 amide bonds. The number of rotatable bonds is 6. The van der Waals surface area contributed by atoms with Crippen LogP contribution < -0.4 is 9.59 Å². The van der Waals surface area contributed by atoms with Crippen molar-refractivity contribution in [2.45, 2.75) is 52.5 Å². The second-order valence-electron chi connectivity index (χ2n) is 12.1. The van der Waals surface area contributed by atoms with E-state index in [0.717, 1.165) is 16.7 Å². The molecule has 1 aromatic heterocycles. The Hall–Kier alpha value is -3.29. The zero-order valence-corrected chi connectivity index (χ0v) is 34.6. The van der Waals surface area contributed by atoms with Gasteiger partial charge in [-0.15, -0.1) is 42.0 Å². The number of hydrogen-bond acceptors (Lipinski definition) is 0. The van der Waals surface area contributed by atoms with Crippen LogP contribution >= 0.6 is 0 Å². The first-order valence-electron chi connectivity index (χ1n) is 16.3. The number of hydrogen-bond donors (Lipinski definition) is 0. The van der Waals surface area contributed by atoms with Gasteiger partial charge in [0.2, 0.25) is 0 Å². The van der Waals surface area contributed by atoms with Crippen molar-refractivity contribution in [1.29, 1.82) is 0 Å². The number of nitrogens with zero attached hydrogens (tertiary/aromatic N) is 5. The molecule has 48 heavy (non-hydrogen) atoms. The van der Waals surface area contributed by atoms with Crippen LogP contribution in [0, 0.1) is 20.1 Å². The summed E-state index contributed by atoms with van der Waals surface area (Å²) in [5.41, 5.74) is 10.8. The van der Waals surface area contributed by atoms with Crippen LogP contribution in [-0.2, 0) is 25.8 Å². The standard InChI is InChI=1S/C36H37N2.3C2H6N.Hf/c1-24(2)28-19-12-20-29(25(3)4)35(28)37-36(30-17-9-7-14-26(30)5)34-23-13-22-33(38(34)6)32-21-11-16-27-15-8-10-18-31(27)32;3*1-3-2;/h7-25,36H,6H2,1-5H3;3*1-2H3;/q4*-1;+4/b33-32+;;;;. The molecule has 0 spiro atoms. The van der Waals surface area contributed by atoms with E-state index in [1.54, 1.807) is 42.3 Å². The summed E-state index contributed by atoms with van der Waals surface area (Å²) in [5, 5.41) is 17.2. The van der Waals surface area contributed by atoms with E-state index in [4.69, 9.17) is 5.32 Å². The van der Waals surface area contributed by atoms with E-state index in [9.17, 15) is 0 Å². The van der Waals surface area contributed by atoms with E-state index in [0.29, 0.717) is 11.8 Å². The quantitative estimate of drug-likeness (QED) is 0.106. The van der Waals surface area contributed by atoms with Gasteiger partial charge in [-0.3, -0.25) is 0 Å². The minimum absolute atomic E-state index is 0. The number of allylic oxidation sites excluding steroid dienone is 2. The Kier molecular flexibility index (Phi) is 19.9. The molecule has 252 valence electrons.